The lowest BCUT2D eigenvalue weighted by molar-refractivity contribution is 0.332. The molecule has 1 aromatic rings. The molecule has 0 radical (unpaired) electrons. The molecule has 0 heterocycles. The predicted molar refractivity (Wildman–Crippen MR) is 74.6 cm³/mol. The molecule has 0 amide bonds. The maximum Gasteiger partial charge on any atom is 0.123 e. The van der Waals surface area contributed by atoms with Crippen molar-refractivity contribution in [2.75, 3.05) is 6.61 Å². The highest BCUT2D eigenvalue weighted by molar-refractivity contribution is 5.37. The minimum Gasteiger partial charge on any atom is -0.494 e. The monoisotopic (exact) mass is 250 g/mol. The van der Waals surface area contributed by atoms with E-state index in [9.17, 15) is 4.39 Å². The third-order valence-corrected chi connectivity index (χ3v) is 3.03. The maximum absolute atomic E-state index is 13.4. The molecule has 1 atom stereocenters. The minimum atomic E-state index is -0.189. The van der Waals surface area contributed by atoms with Crippen LogP contribution in [-0.4, -0.2) is 6.61 Å². The van der Waals surface area contributed by atoms with Crippen LogP contribution in [0.2, 0.25) is 0 Å². The highest BCUT2D eigenvalue weighted by Crippen LogP contribution is 2.32. The molecule has 1 nitrogen and oxygen atoms in total. The molecule has 0 aliphatic rings. The lowest BCUT2D eigenvalue weighted by atomic mass is 9.92. The van der Waals surface area contributed by atoms with Gasteiger partial charge in [0.2, 0.25) is 0 Å². The number of allylic oxidation sites excluding steroid dienone is 2. The van der Waals surface area contributed by atoms with E-state index in [1.54, 1.807) is 12.1 Å². The van der Waals surface area contributed by atoms with Crippen LogP contribution in [-0.2, 0) is 0 Å². The summed E-state index contributed by atoms with van der Waals surface area (Å²) in [7, 11) is 0. The van der Waals surface area contributed by atoms with Crippen molar-refractivity contribution in [3.05, 3.63) is 41.7 Å². The molecule has 0 saturated heterocycles. The smallest absolute Gasteiger partial charge is 0.123 e. The van der Waals surface area contributed by atoms with E-state index in [1.807, 2.05) is 6.92 Å². The Kier molecular flexibility index (Phi) is 6.48. The Balaban J connectivity index is 2.94. The summed E-state index contributed by atoms with van der Waals surface area (Å²) >= 11 is 0. The molecule has 0 aliphatic heterocycles. The first-order valence-corrected chi connectivity index (χ1v) is 6.80. The van der Waals surface area contributed by atoms with Gasteiger partial charge in [-0.2, -0.15) is 0 Å². The Morgan fingerprint density at radius 3 is 2.61 bits per heavy atom. The molecule has 1 unspecified atom stereocenters. The molecule has 1 aromatic carbocycles. The molecule has 0 N–H and O–H groups in total. The van der Waals surface area contributed by atoms with Gasteiger partial charge in [0.15, 0.2) is 0 Å². The van der Waals surface area contributed by atoms with Gasteiger partial charge in [0, 0.05) is 5.56 Å². The fourth-order valence-electron chi connectivity index (χ4n) is 2.07. The molecule has 0 spiro atoms. The van der Waals surface area contributed by atoms with Crippen LogP contribution in [0.15, 0.2) is 30.4 Å². The van der Waals surface area contributed by atoms with E-state index in [-0.39, 0.29) is 5.82 Å². The normalized spacial score (nSPS) is 12.9. The number of rotatable bonds is 7. The van der Waals surface area contributed by atoms with Gasteiger partial charge in [-0.15, -0.1) is 0 Å². The summed E-state index contributed by atoms with van der Waals surface area (Å²) in [5, 5.41) is 0. The number of hydrogen-bond acceptors (Lipinski definition) is 1. The summed E-state index contributed by atoms with van der Waals surface area (Å²) in [5.41, 5.74) is 0.986. The summed E-state index contributed by atoms with van der Waals surface area (Å²) in [6, 6.07) is 4.81. The topological polar surface area (TPSA) is 9.23 Å². The van der Waals surface area contributed by atoms with Gasteiger partial charge >= 0.3 is 0 Å². The highest BCUT2D eigenvalue weighted by atomic mass is 19.1. The van der Waals surface area contributed by atoms with Gasteiger partial charge in [-0.1, -0.05) is 26.0 Å². The molecule has 2 heteroatoms. The minimum absolute atomic E-state index is 0.189. The van der Waals surface area contributed by atoms with Crippen molar-refractivity contribution in [3.8, 4) is 5.75 Å². The zero-order valence-electron chi connectivity index (χ0n) is 11.6. The number of benzene rings is 1. The van der Waals surface area contributed by atoms with Crippen LogP contribution in [0.5, 0.6) is 5.75 Å². The van der Waals surface area contributed by atoms with Crippen LogP contribution < -0.4 is 4.74 Å². The maximum atomic E-state index is 13.4. The zero-order valence-corrected chi connectivity index (χ0v) is 11.6. The van der Waals surface area contributed by atoms with E-state index >= 15 is 0 Å². The van der Waals surface area contributed by atoms with E-state index < -0.39 is 0 Å². The van der Waals surface area contributed by atoms with E-state index in [2.05, 4.69) is 26.0 Å². The van der Waals surface area contributed by atoms with Crippen LogP contribution in [0.3, 0.4) is 0 Å². The van der Waals surface area contributed by atoms with Crippen molar-refractivity contribution in [2.24, 2.45) is 0 Å². The van der Waals surface area contributed by atoms with Gasteiger partial charge in [-0.05, 0) is 50.3 Å². The zero-order chi connectivity index (χ0) is 13.4. The largest absolute Gasteiger partial charge is 0.494 e. The van der Waals surface area contributed by atoms with Crippen molar-refractivity contribution in [3.63, 3.8) is 0 Å². The van der Waals surface area contributed by atoms with E-state index in [4.69, 9.17) is 4.74 Å². The average Bonchev–Trinajstić information content (AvgIpc) is 2.37. The first kappa shape index (κ1) is 14.7. The van der Waals surface area contributed by atoms with Gasteiger partial charge in [0.05, 0.1) is 6.61 Å². The van der Waals surface area contributed by atoms with Gasteiger partial charge in [0.1, 0.15) is 11.6 Å². The standard InChI is InChI=1S/C16H23FO/c1-4-7-8-9-13(5-2)15-12-14(17)10-11-16(15)18-6-3/h7-8,10-13H,4-6,9H2,1-3H3/b8-7-. The first-order valence-electron chi connectivity index (χ1n) is 6.80. The first-order chi connectivity index (χ1) is 8.72. The van der Waals surface area contributed by atoms with Crippen molar-refractivity contribution in [2.45, 2.75) is 46.0 Å². The van der Waals surface area contributed by atoms with E-state index in [0.29, 0.717) is 12.5 Å². The molecule has 0 aromatic heterocycles. The summed E-state index contributed by atoms with van der Waals surface area (Å²) in [5.74, 6) is 0.951. The highest BCUT2D eigenvalue weighted by Gasteiger charge is 2.14. The predicted octanol–water partition coefficient (Wildman–Crippen LogP) is 5.07. The molecule has 0 saturated carbocycles. The number of ether oxygens (including phenoxy) is 1. The van der Waals surface area contributed by atoms with Crippen LogP contribution in [0.4, 0.5) is 4.39 Å². The molecule has 100 valence electrons. The fraction of sp³-hybridized carbons (Fsp3) is 0.500. The van der Waals surface area contributed by atoms with Crippen molar-refractivity contribution >= 4 is 0 Å². The van der Waals surface area contributed by atoms with Crippen molar-refractivity contribution in [1.29, 1.82) is 0 Å². The average molecular weight is 250 g/mol. The molecule has 0 bridgehead atoms. The SMILES string of the molecule is CC/C=C\CC(CC)c1cc(F)ccc1OCC. The summed E-state index contributed by atoms with van der Waals surface area (Å²) in [6.07, 6.45) is 7.29. The van der Waals surface area contributed by atoms with Crippen molar-refractivity contribution < 1.29 is 9.13 Å². The summed E-state index contributed by atoms with van der Waals surface area (Å²) in [6.45, 7) is 6.81. The van der Waals surface area contributed by atoms with E-state index in [0.717, 1.165) is 30.6 Å². The lowest BCUT2D eigenvalue weighted by Gasteiger charge is -2.18. The molecular weight excluding hydrogens is 227 g/mol. The third-order valence-electron chi connectivity index (χ3n) is 3.03. The second-order valence-corrected chi connectivity index (χ2v) is 4.34. The third kappa shape index (κ3) is 4.17. The van der Waals surface area contributed by atoms with Crippen LogP contribution in [0.1, 0.15) is 51.5 Å². The van der Waals surface area contributed by atoms with Crippen LogP contribution >= 0.6 is 0 Å². The Labute approximate surface area is 110 Å². The lowest BCUT2D eigenvalue weighted by Crippen LogP contribution is -2.02. The molecule has 0 fully saturated rings. The van der Waals surface area contributed by atoms with Gasteiger partial charge < -0.3 is 4.74 Å². The second kappa shape index (κ2) is 7.91. The van der Waals surface area contributed by atoms with Gasteiger partial charge in [-0.25, -0.2) is 4.39 Å². The summed E-state index contributed by atoms with van der Waals surface area (Å²) < 4.78 is 19.0. The Bertz CT molecular complexity index is 385. The number of halogens is 1. The molecule has 18 heavy (non-hydrogen) atoms. The Morgan fingerprint density at radius 2 is 2.00 bits per heavy atom. The van der Waals surface area contributed by atoms with Gasteiger partial charge in [-0.3, -0.25) is 0 Å². The van der Waals surface area contributed by atoms with Crippen LogP contribution in [0, 0.1) is 5.82 Å². The fourth-order valence-corrected chi connectivity index (χ4v) is 2.07. The quantitative estimate of drug-likeness (QED) is 0.613. The Hall–Kier alpha value is -1.31. The summed E-state index contributed by atoms with van der Waals surface area (Å²) in [4.78, 5) is 0. The Morgan fingerprint density at radius 1 is 1.22 bits per heavy atom. The van der Waals surface area contributed by atoms with E-state index in [1.165, 1.54) is 6.07 Å². The van der Waals surface area contributed by atoms with Gasteiger partial charge in [0.25, 0.3) is 0 Å². The molecule has 1 rings (SSSR count). The second-order valence-electron chi connectivity index (χ2n) is 4.34. The van der Waals surface area contributed by atoms with Crippen LogP contribution in [0.25, 0.3) is 0 Å². The molecular formula is C16H23FO. The molecule has 0 aliphatic carbocycles. The number of hydrogen-bond donors (Lipinski definition) is 0. The van der Waals surface area contributed by atoms with Crippen molar-refractivity contribution in [1.82, 2.24) is 0 Å².